The zero-order chi connectivity index (χ0) is 16.8. The first-order chi connectivity index (χ1) is 11.1. The molecular formula is C18H18FN3O. The molecule has 0 heterocycles. The molecule has 0 fully saturated rings. The van der Waals surface area contributed by atoms with Crippen LogP contribution < -0.4 is 5.32 Å². The number of anilines is 2. The predicted molar refractivity (Wildman–Crippen MR) is 88.1 cm³/mol. The molecule has 0 aromatic heterocycles. The normalized spacial score (nSPS) is 10.0. The lowest BCUT2D eigenvalue weighted by Crippen LogP contribution is -2.30. The van der Waals surface area contributed by atoms with Crippen LogP contribution in [-0.2, 0) is 0 Å². The van der Waals surface area contributed by atoms with Crippen LogP contribution in [0.1, 0.15) is 29.8 Å². The first-order valence-electron chi connectivity index (χ1n) is 7.45. The molecule has 0 aliphatic heterocycles. The van der Waals surface area contributed by atoms with Crippen molar-refractivity contribution in [3.8, 4) is 6.07 Å². The van der Waals surface area contributed by atoms with Gasteiger partial charge in [0.2, 0.25) is 0 Å². The van der Waals surface area contributed by atoms with Gasteiger partial charge in [-0.2, -0.15) is 5.26 Å². The van der Waals surface area contributed by atoms with Crippen LogP contribution in [0.2, 0.25) is 0 Å². The highest BCUT2D eigenvalue weighted by Gasteiger charge is 2.12. The third kappa shape index (κ3) is 3.67. The lowest BCUT2D eigenvalue weighted by Gasteiger charge is -2.18. The molecule has 0 bridgehead atoms. The molecule has 0 aliphatic carbocycles. The molecule has 118 valence electrons. The molecule has 23 heavy (non-hydrogen) atoms. The van der Waals surface area contributed by atoms with Crippen molar-refractivity contribution in [2.45, 2.75) is 13.8 Å². The molecule has 5 heteroatoms. The summed E-state index contributed by atoms with van der Waals surface area (Å²) in [6.45, 7) is 5.18. The molecule has 0 radical (unpaired) electrons. The molecule has 0 spiro atoms. The maximum Gasteiger partial charge on any atom is 0.253 e. The Morgan fingerprint density at radius 2 is 1.83 bits per heavy atom. The van der Waals surface area contributed by atoms with E-state index in [1.165, 1.54) is 12.1 Å². The van der Waals surface area contributed by atoms with E-state index in [-0.39, 0.29) is 11.5 Å². The molecule has 0 atom stereocenters. The van der Waals surface area contributed by atoms with E-state index in [1.54, 1.807) is 35.2 Å². The third-order valence-corrected chi connectivity index (χ3v) is 3.59. The highest BCUT2D eigenvalue weighted by atomic mass is 19.1. The number of hydrogen-bond donors (Lipinski definition) is 1. The second-order valence-electron chi connectivity index (χ2n) is 4.95. The van der Waals surface area contributed by atoms with E-state index < -0.39 is 5.82 Å². The number of hydrogen-bond acceptors (Lipinski definition) is 3. The van der Waals surface area contributed by atoms with E-state index in [4.69, 9.17) is 5.26 Å². The van der Waals surface area contributed by atoms with E-state index in [2.05, 4.69) is 5.32 Å². The summed E-state index contributed by atoms with van der Waals surface area (Å²) in [5.74, 6) is -0.587. The summed E-state index contributed by atoms with van der Waals surface area (Å²) in [5.41, 5.74) is 1.65. The highest BCUT2D eigenvalue weighted by molar-refractivity contribution is 5.94. The SMILES string of the molecule is CCN(CC)C(=O)c1ccc(Nc2cccc(F)c2C#N)cc1. The van der Waals surface area contributed by atoms with E-state index in [0.717, 1.165) is 0 Å². The summed E-state index contributed by atoms with van der Waals surface area (Å²) in [5, 5.41) is 12.0. The fourth-order valence-corrected chi connectivity index (χ4v) is 2.29. The Labute approximate surface area is 135 Å². The first kappa shape index (κ1) is 16.5. The van der Waals surface area contributed by atoms with Crippen molar-refractivity contribution in [2.24, 2.45) is 0 Å². The summed E-state index contributed by atoms with van der Waals surface area (Å²) in [7, 11) is 0. The van der Waals surface area contributed by atoms with Crippen molar-refractivity contribution in [3.63, 3.8) is 0 Å². The maximum atomic E-state index is 13.6. The predicted octanol–water partition coefficient (Wildman–Crippen LogP) is 3.92. The Morgan fingerprint density at radius 3 is 2.39 bits per heavy atom. The van der Waals surface area contributed by atoms with Crippen LogP contribution in [-0.4, -0.2) is 23.9 Å². The minimum atomic E-state index is -0.564. The van der Waals surface area contributed by atoms with Crippen molar-refractivity contribution in [1.29, 1.82) is 5.26 Å². The van der Waals surface area contributed by atoms with Gasteiger partial charge in [0.05, 0.1) is 5.69 Å². The number of nitriles is 1. The third-order valence-electron chi connectivity index (χ3n) is 3.59. The Morgan fingerprint density at radius 1 is 1.17 bits per heavy atom. The molecule has 2 rings (SSSR count). The fraction of sp³-hybridized carbons (Fsp3) is 0.222. The minimum Gasteiger partial charge on any atom is -0.354 e. The average molecular weight is 311 g/mol. The van der Waals surface area contributed by atoms with Gasteiger partial charge in [0.1, 0.15) is 17.4 Å². The molecule has 2 aromatic rings. The second kappa shape index (κ2) is 7.41. The Bertz CT molecular complexity index is 731. The number of nitrogens with zero attached hydrogens (tertiary/aromatic N) is 2. The summed E-state index contributed by atoms with van der Waals surface area (Å²) in [4.78, 5) is 14.0. The smallest absolute Gasteiger partial charge is 0.253 e. The van der Waals surface area contributed by atoms with Gasteiger partial charge in [0.15, 0.2) is 0 Å². The van der Waals surface area contributed by atoms with Gasteiger partial charge >= 0.3 is 0 Å². The Balaban J connectivity index is 2.20. The molecule has 0 saturated carbocycles. The molecule has 0 aliphatic rings. The fourth-order valence-electron chi connectivity index (χ4n) is 2.29. The van der Waals surface area contributed by atoms with Gasteiger partial charge in [-0.3, -0.25) is 4.79 Å². The number of amides is 1. The average Bonchev–Trinajstić information content (AvgIpc) is 2.57. The van der Waals surface area contributed by atoms with Crippen LogP contribution in [0, 0.1) is 17.1 Å². The Hall–Kier alpha value is -2.87. The van der Waals surface area contributed by atoms with Gasteiger partial charge in [-0.25, -0.2) is 4.39 Å². The minimum absolute atomic E-state index is 0.0231. The van der Waals surface area contributed by atoms with Crippen LogP contribution in [0.5, 0.6) is 0 Å². The van der Waals surface area contributed by atoms with E-state index in [9.17, 15) is 9.18 Å². The van der Waals surface area contributed by atoms with Crippen LogP contribution in [0.25, 0.3) is 0 Å². The topological polar surface area (TPSA) is 56.1 Å². The lowest BCUT2D eigenvalue weighted by molar-refractivity contribution is 0.0773. The van der Waals surface area contributed by atoms with Gasteiger partial charge in [0.25, 0.3) is 5.91 Å². The van der Waals surface area contributed by atoms with Crippen LogP contribution in [0.3, 0.4) is 0 Å². The maximum absolute atomic E-state index is 13.6. The van der Waals surface area contributed by atoms with Gasteiger partial charge in [-0.1, -0.05) is 6.07 Å². The standard InChI is InChI=1S/C18H18FN3O/c1-3-22(4-2)18(23)13-8-10-14(11-9-13)21-17-7-5-6-16(19)15(17)12-20/h5-11,21H,3-4H2,1-2H3. The van der Waals surface area contributed by atoms with Gasteiger partial charge in [-0.15, -0.1) is 0 Å². The molecule has 0 unspecified atom stereocenters. The monoisotopic (exact) mass is 311 g/mol. The number of carbonyl (C=O) groups excluding carboxylic acids is 1. The highest BCUT2D eigenvalue weighted by Crippen LogP contribution is 2.23. The molecule has 1 N–H and O–H groups in total. The summed E-state index contributed by atoms with van der Waals surface area (Å²) >= 11 is 0. The van der Waals surface area contributed by atoms with Crippen molar-refractivity contribution in [3.05, 3.63) is 59.4 Å². The number of benzene rings is 2. The first-order valence-corrected chi connectivity index (χ1v) is 7.45. The number of nitrogens with one attached hydrogen (secondary N) is 1. The molecule has 0 saturated heterocycles. The number of halogens is 1. The lowest BCUT2D eigenvalue weighted by atomic mass is 10.1. The molecule has 4 nitrogen and oxygen atoms in total. The zero-order valence-electron chi connectivity index (χ0n) is 13.1. The van der Waals surface area contributed by atoms with Crippen LogP contribution >= 0.6 is 0 Å². The summed E-state index contributed by atoms with van der Waals surface area (Å²) < 4.78 is 13.6. The number of carbonyl (C=O) groups is 1. The van der Waals surface area contributed by atoms with Crippen LogP contribution in [0.15, 0.2) is 42.5 Å². The Kier molecular flexibility index (Phi) is 5.32. The van der Waals surface area contributed by atoms with E-state index in [0.29, 0.717) is 30.0 Å². The van der Waals surface area contributed by atoms with Gasteiger partial charge < -0.3 is 10.2 Å². The zero-order valence-corrected chi connectivity index (χ0v) is 13.1. The van der Waals surface area contributed by atoms with Crippen molar-refractivity contribution in [2.75, 3.05) is 18.4 Å². The van der Waals surface area contributed by atoms with Gasteiger partial charge in [-0.05, 0) is 50.2 Å². The summed E-state index contributed by atoms with van der Waals surface area (Å²) in [6.07, 6.45) is 0. The van der Waals surface area contributed by atoms with Gasteiger partial charge in [0, 0.05) is 24.3 Å². The largest absolute Gasteiger partial charge is 0.354 e. The van der Waals surface area contributed by atoms with Crippen LogP contribution in [0.4, 0.5) is 15.8 Å². The number of rotatable bonds is 5. The van der Waals surface area contributed by atoms with Crippen molar-refractivity contribution < 1.29 is 9.18 Å². The second-order valence-corrected chi connectivity index (χ2v) is 4.95. The van der Waals surface area contributed by atoms with E-state index >= 15 is 0 Å². The summed E-state index contributed by atoms with van der Waals surface area (Å²) in [6, 6.07) is 13.2. The van der Waals surface area contributed by atoms with Crippen molar-refractivity contribution >= 4 is 17.3 Å². The van der Waals surface area contributed by atoms with Crippen molar-refractivity contribution in [1.82, 2.24) is 4.90 Å². The quantitative estimate of drug-likeness (QED) is 0.910. The molecule has 2 aromatic carbocycles. The van der Waals surface area contributed by atoms with E-state index in [1.807, 2.05) is 19.9 Å². The molecule has 1 amide bonds. The molecular weight excluding hydrogens is 293 g/mol.